The Hall–Kier alpha value is -2.28. The maximum absolute atomic E-state index is 10.6. The molecule has 0 amide bonds. The van der Waals surface area contributed by atoms with Gasteiger partial charge in [0.2, 0.25) is 11.7 Å². The molecule has 1 aromatic heterocycles. The van der Waals surface area contributed by atoms with E-state index in [2.05, 4.69) is 22.4 Å². The summed E-state index contributed by atoms with van der Waals surface area (Å²) >= 11 is 0. The minimum atomic E-state index is -0.432. The first-order chi connectivity index (χ1) is 10.1. The first-order valence-corrected chi connectivity index (χ1v) is 6.95. The Balaban J connectivity index is 1.79. The van der Waals surface area contributed by atoms with Crippen molar-refractivity contribution in [3.05, 3.63) is 40.3 Å². The number of nitro benzene ring substituents is 1. The van der Waals surface area contributed by atoms with E-state index in [-0.39, 0.29) is 11.7 Å². The lowest BCUT2D eigenvalue weighted by Crippen LogP contribution is -2.30. The molecule has 1 aliphatic rings. The quantitative estimate of drug-likeness (QED) is 0.689. The van der Waals surface area contributed by atoms with Gasteiger partial charge in [0.15, 0.2) is 0 Å². The summed E-state index contributed by atoms with van der Waals surface area (Å²) in [7, 11) is 0. The van der Waals surface area contributed by atoms with Gasteiger partial charge in [-0.25, -0.2) is 0 Å². The van der Waals surface area contributed by atoms with Crippen LogP contribution in [0.2, 0.25) is 0 Å². The number of aromatic nitrogens is 2. The fourth-order valence-electron chi connectivity index (χ4n) is 2.52. The van der Waals surface area contributed by atoms with E-state index in [1.54, 1.807) is 12.1 Å². The number of rotatable bonds is 3. The minimum absolute atomic E-state index is 0.0465. The Kier molecular flexibility index (Phi) is 3.66. The van der Waals surface area contributed by atoms with Crippen LogP contribution in [0.1, 0.15) is 31.7 Å². The molecule has 3 rings (SSSR count). The fourth-order valence-corrected chi connectivity index (χ4v) is 2.52. The molecule has 2 heterocycles. The van der Waals surface area contributed by atoms with Gasteiger partial charge in [-0.2, -0.15) is 4.98 Å². The van der Waals surface area contributed by atoms with Gasteiger partial charge in [-0.05, 0) is 37.4 Å². The van der Waals surface area contributed by atoms with Gasteiger partial charge in [-0.1, -0.05) is 12.1 Å². The highest BCUT2D eigenvalue weighted by Crippen LogP contribution is 2.27. The molecule has 1 aliphatic heterocycles. The number of nitro groups is 1. The highest BCUT2D eigenvalue weighted by Gasteiger charge is 2.25. The molecule has 0 bridgehead atoms. The van der Waals surface area contributed by atoms with Crippen LogP contribution in [-0.2, 0) is 0 Å². The smallest absolute Gasteiger partial charge is 0.269 e. The Labute approximate surface area is 121 Å². The van der Waals surface area contributed by atoms with Crippen molar-refractivity contribution in [2.24, 2.45) is 5.92 Å². The van der Waals surface area contributed by atoms with E-state index in [0.717, 1.165) is 19.4 Å². The summed E-state index contributed by atoms with van der Waals surface area (Å²) in [6.07, 6.45) is 2.13. The highest BCUT2D eigenvalue weighted by atomic mass is 16.6. The summed E-state index contributed by atoms with van der Waals surface area (Å²) < 4.78 is 5.33. The molecule has 7 nitrogen and oxygen atoms in total. The number of benzene rings is 1. The van der Waals surface area contributed by atoms with Gasteiger partial charge in [0, 0.05) is 17.7 Å². The van der Waals surface area contributed by atoms with E-state index >= 15 is 0 Å². The number of nitrogens with zero attached hydrogens (tertiary/aromatic N) is 3. The molecule has 1 N–H and O–H groups in total. The van der Waals surface area contributed by atoms with Crippen LogP contribution in [0, 0.1) is 16.0 Å². The van der Waals surface area contributed by atoms with Crippen LogP contribution in [-0.4, -0.2) is 21.6 Å². The molecule has 0 spiro atoms. The van der Waals surface area contributed by atoms with E-state index in [0.29, 0.717) is 23.2 Å². The van der Waals surface area contributed by atoms with Crippen molar-refractivity contribution in [3.63, 3.8) is 0 Å². The van der Waals surface area contributed by atoms with Gasteiger partial charge in [-0.3, -0.25) is 10.1 Å². The Morgan fingerprint density at radius 3 is 2.81 bits per heavy atom. The monoisotopic (exact) mass is 288 g/mol. The summed E-state index contributed by atoms with van der Waals surface area (Å²) in [5.41, 5.74) is 0.754. The highest BCUT2D eigenvalue weighted by molar-refractivity contribution is 5.56. The largest absolute Gasteiger partial charge is 0.337 e. The van der Waals surface area contributed by atoms with Gasteiger partial charge in [0.25, 0.3) is 5.69 Å². The van der Waals surface area contributed by atoms with Crippen molar-refractivity contribution in [1.29, 1.82) is 0 Å². The van der Waals surface area contributed by atoms with E-state index in [1.807, 2.05) is 0 Å². The molecule has 21 heavy (non-hydrogen) atoms. The average Bonchev–Trinajstić information content (AvgIpc) is 2.97. The van der Waals surface area contributed by atoms with Crippen LogP contribution < -0.4 is 5.32 Å². The second-order valence-electron chi connectivity index (χ2n) is 5.40. The van der Waals surface area contributed by atoms with Gasteiger partial charge < -0.3 is 9.84 Å². The molecule has 7 heteroatoms. The predicted octanol–water partition coefficient (Wildman–Crippen LogP) is 2.71. The molecular formula is C14H16N4O3. The van der Waals surface area contributed by atoms with Crippen LogP contribution in [0.4, 0.5) is 5.69 Å². The van der Waals surface area contributed by atoms with Crippen molar-refractivity contribution in [2.45, 2.75) is 25.8 Å². The summed E-state index contributed by atoms with van der Waals surface area (Å²) in [6.45, 7) is 3.16. The molecule has 0 aliphatic carbocycles. The normalized spacial score (nSPS) is 22.1. The number of non-ortho nitro benzene ring substituents is 1. The molecule has 2 atom stereocenters. The molecule has 1 fully saturated rings. The van der Waals surface area contributed by atoms with Crippen LogP contribution in [0.15, 0.2) is 28.8 Å². The summed E-state index contributed by atoms with van der Waals surface area (Å²) in [5.74, 6) is 1.67. The van der Waals surface area contributed by atoms with E-state index in [9.17, 15) is 10.1 Å². The molecule has 0 saturated carbocycles. The third-order valence-corrected chi connectivity index (χ3v) is 3.74. The second-order valence-corrected chi connectivity index (χ2v) is 5.40. The lowest BCUT2D eigenvalue weighted by Gasteiger charge is -2.25. The zero-order valence-corrected chi connectivity index (χ0v) is 11.7. The minimum Gasteiger partial charge on any atom is -0.337 e. The Morgan fingerprint density at radius 2 is 2.14 bits per heavy atom. The molecular weight excluding hydrogens is 272 g/mol. The average molecular weight is 288 g/mol. The standard InChI is InChI=1S/C14H16N4O3/c1-9-6-7-15-12(8-9)14-16-13(17-21-14)10-2-4-11(5-3-10)18(19)20/h2-5,9,12,15H,6-8H2,1H3. The first-order valence-electron chi connectivity index (χ1n) is 6.95. The van der Waals surface area contributed by atoms with Crippen molar-refractivity contribution >= 4 is 5.69 Å². The molecule has 1 aromatic carbocycles. The Bertz CT molecular complexity index is 638. The molecule has 2 unspecified atom stereocenters. The topological polar surface area (TPSA) is 94.1 Å². The molecule has 2 aromatic rings. The van der Waals surface area contributed by atoms with Crippen LogP contribution >= 0.6 is 0 Å². The molecule has 110 valence electrons. The van der Waals surface area contributed by atoms with E-state index in [1.165, 1.54) is 12.1 Å². The van der Waals surface area contributed by atoms with E-state index in [4.69, 9.17) is 4.52 Å². The number of hydrogen-bond acceptors (Lipinski definition) is 6. The van der Waals surface area contributed by atoms with Gasteiger partial charge in [0.1, 0.15) is 0 Å². The first kappa shape index (κ1) is 13.7. The van der Waals surface area contributed by atoms with Gasteiger partial charge >= 0.3 is 0 Å². The third-order valence-electron chi connectivity index (χ3n) is 3.74. The van der Waals surface area contributed by atoms with E-state index < -0.39 is 4.92 Å². The van der Waals surface area contributed by atoms with Crippen molar-refractivity contribution in [3.8, 4) is 11.4 Å². The van der Waals surface area contributed by atoms with Crippen molar-refractivity contribution < 1.29 is 9.45 Å². The van der Waals surface area contributed by atoms with Gasteiger partial charge in [0.05, 0.1) is 11.0 Å². The lowest BCUT2D eigenvalue weighted by molar-refractivity contribution is -0.384. The maximum atomic E-state index is 10.6. The van der Waals surface area contributed by atoms with Gasteiger partial charge in [-0.15, -0.1) is 0 Å². The van der Waals surface area contributed by atoms with Crippen molar-refractivity contribution in [1.82, 2.24) is 15.5 Å². The third kappa shape index (κ3) is 2.92. The van der Waals surface area contributed by atoms with Crippen LogP contribution in [0.5, 0.6) is 0 Å². The SMILES string of the molecule is CC1CCNC(c2nc(-c3ccc([N+](=O)[O-])cc3)no2)C1. The summed E-state index contributed by atoms with van der Waals surface area (Å²) in [5, 5.41) is 18.0. The fraction of sp³-hybridized carbons (Fsp3) is 0.429. The molecule has 0 radical (unpaired) electrons. The van der Waals surface area contributed by atoms with Crippen LogP contribution in [0.3, 0.4) is 0 Å². The molecule has 1 saturated heterocycles. The number of nitrogens with one attached hydrogen (secondary N) is 1. The van der Waals surface area contributed by atoms with Crippen molar-refractivity contribution in [2.75, 3.05) is 6.54 Å². The van der Waals surface area contributed by atoms with Crippen LogP contribution in [0.25, 0.3) is 11.4 Å². The lowest BCUT2D eigenvalue weighted by atomic mass is 9.94. The number of hydrogen-bond donors (Lipinski definition) is 1. The maximum Gasteiger partial charge on any atom is 0.269 e. The second kappa shape index (κ2) is 5.61. The zero-order chi connectivity index (χ0) is 14.8. The summed E-state index contributed by atoms with van der Waals surface area (Å²) in [4.78, 5) is 14.6. The summed E-state index contributed by atoms with van der Waals surface area (Å²) in [6, 6.07) is 6.22. The zero-order valence-electron chi connectivity index (χ0n) is 11.7. The predicted molar refractivity (Wildman–Crippen MR) is 75.5 cm³/mol. The number of piperidine rings is 1. The Morgan fingerprint density at radius 1 is 1.38 bits per heavy atom.